The zero-order valence-electron chi connectivity index (χ0n) is 12.2. The van der Waals surface area contributed by atoms with Gasteiger partial charge in [-0.2, -0.15) is 0 Å². The van der Waals surface area contributed by atoms with Crippen LogP contribution in [0.5, 0.6) is 5.75 Å². The van der Waals surface area contributed by atoms with Crippen molar-refractivity contribution in [2.45, 2.75) is 32.9 Å². The van der Waals surface area contributed by atoms with Gasteiger partial charge in [-0.25, -0.2) is 9.59 Å². The molecular formula is C15H18ClNO4. The summed E-state index contributed by atoms with van der Waals surface area (Å²) in [5.74, 6) is -0.334. The van der Waals surface area contributed by atoms with Crippen molar-refractivity contribution in [3.8, 4) is 5.75 Å². The minimum absolute atomic E-state index is 0.145. The third-order valence-electron chi connectivity index (χ3n) is 2.23. The summed E-state index contributed by atoms with van der Waals surface area (Å²) in [5, 5.41) is 3.00. The smallest absolute Gasteiger partial charge is 0.407 e. The maximum absolute atomic E-state index is 11.6. The first-order chi connectivity index (χ1) is 9.71. The molecule has 6 heteroatoms. The summed E-state index contributed by atoms with van der Waals surface area (Å²) in [4.78, 5) is 22.9. The third kappa shape index (κ3) is 6.31. The largest absolute Gasteiger partial charge is 0.444 e. The number of esters is 1. The highest BCUT2D eigenvalue weighted by Gasteiger charge is 2.16. The van der Waals surface area contributed by atoms with Crippen molar-refractivity contribution in [2.75, 3.05) is 0 Å². The highest BCUT2D eigenvalue weighted by Crippen LogP contribution is 2.23. The fourth-order valence-electron chi connectivity index (χ4n) is 1.40. The number of halogens is 1. The lowest BCUT2D eigenvalue weighted by Crippen LogP contribution is -2.32. The van der Waals surface area contributed by atoms with Gasteiger partial charge in [0.15, 0.2) is 0 Å². The summed E-state index contributed by atoms with van der Waals surface area (Å²) in [6.07, 6.45) is 0.491. The van der Waals surface area contributed by atoms with E-state index in [4.69, 9.17) is 21.1 Å². The van der Waals surface area contributed by atoms with E-state index in [0.29, 0.717) is 10.6 Å². The summed E-state index contributed by atoms with van der Waals surface area (Å²) in [7, 11) is 0. The van der Waals surface area contributed by atoms with E-state index in [0.717, 1.165) is 6.08 Å². The van der Waals surface area contributed by atoms with Crippen LogP contribution in [0.15, 0.2) is 30.9 Å². The predicted octanol–water partition coefficient (Wildman–Crippen LogP) is 3.46. The molecule has 0 bridgehead atoms. The molecule has 114 valence electrons. The van der Waals surface area contributed by atoms with Crippen LogP contribution in [-0.4, -0.2) is 17.7 Å². The molecule has 0 saturated heterocycles. The van der Waals surface area contributed by atoms with E-state index in [-0.39, 0.29) is 12.3 Å². The van der Waals surface area contributed by atoms with Crippen LogP contribution in [0.3, 0.4) is 0 Å². The van der Waals surface area contributed by atoms with Crippen LogP contribution in [0.2, 0.25) is 5.02 Å². The third-order valence-corrected chi connectivity index (χ3v) is 2.46. The molecule has 5 nitrogen and oxygen atoms in total. The zero-order valence-corrected chi connectivity index (χ0v) is 13.0. The molecule has 0 heterocycles. The standard InChI is InChI=1S/C15H18ClNO4/c1-5-13(18)20-12-8-11(16)7-6-10(12)9-17-14(19)21-15(2,3)4/h5-8H,1,9H2,2-4H3,(H,17,19). The van der Waals surface area contributed by atoms with Crippen molar-refractivity contribution in [3.63, 3.8) is 0 Å². The Labute approximate surface area is 128 Å². The summed E-state index contributed by atoms with van der Waals surface area (Å²) >= 11 is 5.86. The Morgan fingerprint density at radius 2 is 2.05 bits per heavy atom. The number of benzene rings is 1. The molecule has 1 aromatic carbocycles. The van der Waals surface area contributed by atoms with E-state index in [2.05, 4.69) is 11.9 Å². The molecule has 0 atom stereocenters. The lowest BCUT2D eigenvalue weighted by molar-refractivity contribution is -0.129. The lowest BCUT2D eigenvalue weighted by atomic mass is 10.2. The first kappa shape index (κ1) is 17.0. The predicted molar refractivity (Wildman–Crippen MR) is 80.4 cm³/mol. The molecule has 1 aromatic rings. The second kappa shape index (κ2) is 7.13. The van der Waals surface area contributed by atoms with E-state index in [1.54, 1.807) is 32.9 Å². The van der Waals surface area contributed by atoms with Crippen LogP contribution >= 0.6 is 11.6 Å². The zero-order chi connectivity index (χ0) is 16.0. The first-order valence-electron chi connectivity index (χ1n) is 6.31. The van der Waals surface area contributed by atoms with Crippen LogP contribution < -0.4 is 10.1 Å². The number of nitrogens with one attached hydrogen (secondary N) is 1. The van der Waals surface area contributed by atoms with Gasteiger partial charge in [0.1, 0.15) is 11.4 Å². The number of amides is 1. The van der Waals surface area contributed by atoms with E-state index >= 15 is 0 Å². The normalized spacial score (nSPS) is 10.7. The summed E-state index contributed by atoms with van der Waals surface area (Å²) in [6, 6.07) is 4.79. The van der Waals surface area contributed by atoms with Gasteiger partial charge in [0.2, 0.25) is 0 Å². The van der Waals surface area contributed by atoms with Crippen LogP contribution in [0.1, 0.15) is 26.3 Å². The number of carbonyl (C=O) groups excluding carboxylic acids is 2. The van der Waals surface area contributed by atoms with E-state index < -0.39 is 17.7 Å². The van der Waals surface area contributed by atoms with Gasteiger partial charge in [-0.1, -0.05) is 24.2 Å². The minimum Gasteiger partial charge on any atom is -0.444 e. The molecule has 0 spiro atoms. The molecule has 1 N–H and O–H groups in total. The van der Waals surface area contributed by atoms with Crippen molar-refractivity contribution in [1.82, 2.24) is 5.32 Å². The Bertz CT molecular complexity index is 549. The second-order valence-corrected chi connectivity index (χ2v) is 5.67. The highest BCUT2D eigenvalue weighted by atomic mass is 35.5. The van der Waals surface area contributed by atoms with Crippen molar-refractivity contribution in [2.24, 2.45) is 0 Å². The van der Waals surface area contributed by atoms with Crippen LogP contribution in [0, 0.1) is 0 Å². The van der Waals surface area contributed by atoms with Gasteiger partial charge in [0.05, 0.1) is 0 Å². The van der Waals surface area contributed by atoms with Gasteiger partial charge in [-0.3, -0.25) is 0 Å². The Balaban J connectivity index is 2.76. The highest BCUT2D eigenvalue weighted by molar-refractivity contribution is 6.30. The molecule has 0 aliphatic carbocycles. The molecule has 1 amide bonds. The summed E-state index contributed by atoms with van der Waals surface area (Å²) < 4.78 is 10.2. The maximum atomic E-state index is 11.6. The topological polar surface area (TPSA) is 64.6 Å². The SMILES string of the molecule is C=CC(=O)Oc1cc(Cl)ccc1CNC(=O)OC(C)(C)C. The maximum Gasteiger partial charge on any atom is 0.407 e. The van der Waals surface area contributed by atoms with Crippen molar-refractivity contribution in [3.05, 3.63) is 41.4 Å². The van der Waals surface area contributed by atoms with Gasteiger partial charge >= 0.3 is 12.1 Å². The fraction of sp³-hybridized carbons (Fsp3) is 0.333. The summed E-state index contributed by atoms with van der Waals surface area (Å²) in [6.45, 7) is 8.78. The van der Waals surface area contributed by atoms with Crippen LogP contribution in [-0.2, 0) is 16.1 Å². The number of alkyl carbamates (subject to hydrolysis) is 1. The van der Waals surface area contributed by atoms with Crippen LogP contribution in [0.4, 0.5) is 4.79 Å². The lowest BCUT2D eigenvalue weighted by Gasteiger charge is -2.20. The van der Waals surface area contributed by atoms with E-state index in [9.17, 15) is 9.59 Å². The Kier molecular flexibility index (Phi) is 5.79. The first-order valence-corrected chi connectivity index (χ1v) is 6.68. The number of rotatable bonds is 4. The fourth-order valence-corrected chi connectivity index (χ4v) is 1.56. The number of carbonyl (C=O) groups is 2. The Morgan fingerprint density at radius 1 is 1.38 bits per heavy atom. The van der Waals surface area contributed by atoms with E-state index in [1.807, 2.05) is 0 Å². The Hall–Kier alpha value is -2.01. The number of ether oxygens (including phenoxy) is 2. The average molecular weight is 312 g/mol. The number of hydrogen-bond donors (Lipinski definition) is 1. The van der Waals surface area contributed by atoms with Crippen molar-refractivity contribution < 1.29 is 19.1 Å². The van der Waals surface area contributed by atoms with Gasteiger partial charge in [-0.15, -0.1) is 0 Å². The van der Waals surface area contributed by atoms with Gasteiger partial charge in [-0.05, 0) is 32.9 Å². The van der Waals surface area contributed by atoms with Crippen LogP contribution in [0.25, 0.3) is 0 Å². The van der Waals surface area contributed by atoms with Gasteiger partial charge in [0.25, 0.3) is 0 Å². The van der Waals surface area contributed by atoms with Crippen molar-refractivity contribution in [1.29, 1.82) is 0 Å². The molecule has 0 aliphatic rings. The average Bonchev–Trinajstić information content (AvgIpc) is 2.35. The molecule has 0 fully saturated rings. The molecule has 0 unspecified atom stereocenters. The Morgan fingerprint density at radius 3 is 2.62 bits per heavy atom. The molecule has 0 aromatic heterocycles. The monoisotopic (exact) mass is 311 g/mol. The molecule has 21 heavy (non-hydrogen) atoms. The molecule has 0 radical (unpaired) electrons. The number of hydrogen-bond acceptors (Lipinski definition) is 4. The molecule has 0 saturated carbocycles. The van der Waals surface area contributed by atoms with Crippen molar-refractivity contribution >= 4 is 23.7 Å². The molecule has 0 aliphatic heterocycles. The van der Waals surface area contributed by atoms with Gasteiger partial charge < -0.3 is 14.8 Å². The molecule has 1 rings (SSSR count). The van der Waals surface area contributed by atoms with E-state index in [1.165, 1.54) is 6.07 Å². The minimum atomic E-state index is -0.601. The quantitative estimate of drug-likeness (QED) is 0.525. The second-order valence-electron chi connectivity index (χ2n) is 5.23. The van der Waals surface area contributed by atoms with Gasteiger partial charge in [0, 0.05) is 23.2 Å². The summed E-state index contributed by atoms with van der Waals surface area (Å²) in [5.41, 5.74) is 0.0165. The molecular weight excluding hydrogens is 294 g/mol.